The number of nitrogens with zero attached hydrogens (tertiary/aromatic N) is 4. The van der Waals surface area contributed by atoms with Crippen molar-refractivity contribution in [3.63, 3.8) is 0 Å². The number of thioether (sulfide) groups is 1. The Morgan fingerprint density at radius 3 is 2.86 bits per heavy atom. The zero-order chi connectivity index (χ0) is 20.2. The molecule has 1 aromatic carbocycles. The Bertz CT molecular complexity index is 1220. The Hall–Kier alpha value is -3.46. The van der Waals surface area contributed by atoms with Gasteiger partial charge in [0.1, 0.15) is 5.76 Å². The maximum absolute atomic E-state index is 12.9. The second-order valence-corrected chi connectivity index (χ2v) is 7.24. The number of aryl methyl sites for hydroxylation is 1. The van der Waals surface area contributed by atoms with Gasteiger partial charge in [0.25, 0.3) is 5.56 Å². The Kier molecular flexibility index (Phi) is 5.39. The van der Waals surface area contributed by atoms with E-state index in [0.717, 1.165) is 23.0 Å². The van der Waals surface area contributed by atoms with Gasteiger partial charge in [0, 0.05) is 18.1 Å². The van der Waals surface area contributed by atoms with Crippen LogP contribution in [0.3, 0.4) is 0 Å². The number of aromatic nitrogens is 4. The van der Waals surface area contributed by atoms with Crippen molar-refractivity contribution in [1.82, 2.24) is 19.5 Å². The van der Waals surface area contributed by atoms with E-state index in [0.29, 0.717) is 10.9 Å². The summed E-state index contributed by atoms with van der Waals surface area (Å²) in [7, 11) is 0. The van der Waals surface area contributed by atoms with Crippen LogP contribution in [0, 0.1) is 6.92 Å². The van der Waals surface area contributed by atoms with E-state index in [9.17, 15) is 9.59 Å². The average Bonchev–Trinajstić information content (AvgIpc) is 3.22. The van der Waals surface area contributed by atoms with E-state index in [1.165, 1.54) is 23.2 Å². The lowest BCUT2D eigenvalue weighted by Gasteiger charge is -2.11. The lowest BCUT2D eigenvalue weighted by atomic mass is 10.2. The summed E-state index contributed by atoms with van der Waals surface area (Å²) in [6.45, 7) is 2.14. The molecular weight excluding hydrogens is 390 g/mol. The van der Waals surface area contributed by atoms with E-state index in [2.05, 4.69) is 20.3 Å². The minimum atomic E-state index is -0.332. The number of hydrogen-bond donors (Lipinski definition) is 1. The summed E-state index contributed by atoms with van der Waals surface area (Å²) < 4.78 is 6.81. The van der Waals surface area contributed by atoms with Crippen LogP contribution in [-0.2, 0) is 11.3 Å². The second-order valence-electron chi connectivity index (χ2n) is 6.30. The highest BCUT2D eigenvalue weighted by Gasteiger charge is 2.16. The van der Waals surface area contributed by atoms with Gasteiger partial charge in [-0.05, 0) is 36.8 Å². The molecular formula is C20H17N5O3S. The zero-order valence-electron chi connectivity index (χ0n) is 15.5. The maximum Gasteiger partial charge on any atom is 0.282 e. The normalized spacial score (nSPS) is 10.9. The number of rotatable bonds is 6. The van der Waals surface area contributed by atoms with E-state index in [1.54, 1.807) is 12.1 Å². The molecule has 1 amide bonds. The van der Waals surface area contributed by atoms with Crippen molar-refractivity contribution >= 4 is 34.5 Å². The number of nitrogens with one attached hydrogen (secondary N) is 1. The molecule has 0 saturated heterocycles. The van der Waals surface area contributed by atoms with Gasteiger partial charge in [0.2, 0.25) is 5.91 Å². The third-order valence-electron chi connectivity index (χ3n) is 4.09. The van der Waals surface area contributed by atoms with Gasteiger partial charge >= 0.3 is 0 Å². The fourth-order valence-electron chi connectivity index (χ4n) is 2.79. The predicted molar refractivity (Wildman–Crippen MR) is 110 cm³/mol. The van der Waals surface area contributed by atoms with Crippen molar-refractivity contribution in [1.29, 1.82) is 0 Å². The van der Waals surface area contributed by atoms with Crippen molar-refractivity contribution in [2.45, 2.75) is 18.6 Å². The summed E-state index contributed by atoms with van der Waals surface area (Å²) in [5.41, 5.74) is 1.86. The number of amides is 1. The van der Waals surface area contributed by atoms with E-state index in [4.69, 9.17) is 4.42 Å². The molecule has 0 fully saturated rings. The van der Waals surface area contributed by atoms with E-state index < -0.39 is 0 Å². The summed E-state index contributed by atoms with van der Waals surface area (Å²) in [6.07, 6.45) is 4.46. The number of carbonyl (C=O) groups excluding carboxylic acids is 1. The SMILES string of the molecule is Cc1cccc(NC(=O)CSc2nc3nccnc3c(=O)n2Cc2ccco2)c1. The number of benzene rings is 1. The summed E-state index contributed by atoms with van der Waals surface area (Å²) in [6, 6.07) is 11.1. The first-order chi connectivity index (χ1) is 14.1. The Morgan fingerprint density at radius 2 is 2.07 bits per heavy atom. The molecule has 0 aliphatic heterocycles. The molecule has 3 heterocycles. The quantitative estimate of drug-likeness (QED) is 0.387. The molecule has 9 heteroatoms. The first-order valence-corrected chi connectivity index (χ1v) is 9.82. The monoisotopic (exact) mass is 407 g/mol. The minimum Gasteiger partial charge on any atom is -0.467 e. The fraction of sp³-hybridized carbons (Fsp3) is 0.150. The number of fused-ring (bicyclic) bond motifs is 1. The molecule has 0 atom stereocenters. The zero-order valence-corrected chi connectivity index (χ0v) is 16.3. The first-order valence-electron chi connectivity index (χ1n) is 8.83. The largest absolute Gasteiger partial charge is 0.467 e. The minimum absolute atomic E-state index is 0.0876. The third-order valence-corrected chi connectivity index (χ3v) is 5.06. The Morgan fingerprint density at radius 1 is 1.21 bits per heavy atom. The molecule has 0 saturated carbocycles. The molecule has 3 aromatic heterocycles. The lowest BCUT2D eigenvalue weighted by Crippen LogP contribution is -2.25. The Labute approximate surface area is 170 Å². The highest BCUT2D eigenvalue weighted by Crippen LogP contribution is 2.18. The lowest BCUT2D eigenvalue weighted by molar-refractivity contribution is -0.113. The molecule has 0 spiro atoms. The van der Waals surface area contributed by atoms with Crippen molar-refractivity contribution in [3.05, 3.63) is 76.7 Å². The molecule has 0 unspecified atom stereocenters. The number of carbonyl (C=O) groups is 1. The van der Waals surface area contributed by atoms with Crippen molar-refractivity contribution < 1.29 is 9.21 Å². The van der Waals surface area contributed by atoms with Crippen LogP contribution in [0.5, 0.6) is 0 Å². The van der Waals surface area contributed by atoms with Gasteiger partial charge in [-0.15, -0.1) is 0 Å². The molecule has 29 heavy (non-hydrogen) atoms. The molecule has 4 rings (SSSR count). The molecule has 0 bridgehead atoms. The molecule has 146 valence electrons. The molecule has 0 aliphatic rings. The van der Waals surface area contributed by atoms with Gasteiger partial charge in [-0.1, -0.05) is 23.9 Å². The van der Waals surface area contributed by atoms with Gasteiger partial charge in [-0.3, -0.25) is 14.2 Å². The molecule has 4 aromatic rings. The van der Waals surface area contributed by atoms with Crippen LogP contribution in [0.15, 0.2) is 69.4 Å². The topological polar surface area (TPSA) is 103 Å². The van der Waals surface area contributed by atoms with Gasteiger partial charge in [-0.2, -0.15) is 0 Å². The summed E-state index contributed by atoms with van der Waals surface area (Å²) in [4.78, 5) is 37.9. The smallest absolute Gasteiger partial charge is 0.282 e. The van der Waals surface area contributed by atoms with Gasteiger partial charge < -0.3 is 9.73 Å². The molecule has 0 radical (unpaired) electrons. The maximum atomic E-state index is 12.9. The van der Waals surface area contributed by atoms with Gasteiger partial charge in [0.05, 0.1) is 18.6 Å². The van der Waals surface area contributed by atoms with E-state index in [1.807, 2.05) is 31.2 Å². The molecule has 8 nitrogen and oxygen atoms in total. The van der Waals surface area contributed by atoms with Crippen LogP contribution in [0.2, 0.25) is 0 Å². The standard InChI is InChI=1S/C20H17N5O3S/c1-13-4-2-5-14(10-13)23-16(26)12-29-20-24-18-17(21-7-8-22-18)19(27)25(20)11-15-6-3-9-28-15/h2-10H,11-12H2,1H3,(H,23,26). The molecule has 1 N–H and O–H groups in total. The van der Waals surface area contributed by atoms with E-state index in [-0.39, 0.29) is 34.9 Å². The third kappa shape index (κ3) is 4.35. The van der Waals surface area contributed by atoms with Crippen molar-refractivity contribution in [2.75, 3.05) is 11.1 Å². The average molecular weight is 407 g/mol. The van der Waals surface area contributed by atoms with Crippen molar-refractivity contribution in [3.8, 4) is 0 Å². The predicted octanol–water partition coefficient (Wildman–Crippen LogP) is 2.87. The van der Waals surface area contributed by atoms with Gasteiger partial charge in [-0.25, -0.2) is 15.0 Å². The summed E-state index contributed by atoms with van der Waals surface area (Å²) in [5, 5.41) is 3.22. The summed E-state index contributed by atoms with van der Waals surface area (Å²) in [5.74, 6) is 0.492. The van der Waals surface area contributed by atoms with Crippen LogP contribution in [-0.4, -0.2) is 31.2 Å². The number of furan rings is 1. The fourth-order valence-corrected chi connectivity index (χ4v) is 3.57. The number of hydrogen-bond acceptors (Lipinski definition) is 7. The molecule has 0 aliphatic carbocycles. The van der Waals surface area contributed by atoms with Crippen LogP contribution in [0.4, 0.5) is 5.69 Å². The Balaban J connectivity index is 1.59. The van der Waals surface area contributed by atoms with Crippen LogP contribution < -0.4 is 10.9 Å². The van der Waals surface area contributed by atoms with E-state index >= 15 is 0 Å². The second kappa shape index (κ2) is 8.27. The number of anilines is 1. The van der Waals surface area contributed by atoms with Crippen LogP contribution in [0.1, 0.15) is 11.3 Å². The van der Waals surface area contributed by atoms with Crippen molar-refractivity contribution in [2.24, 2.45) is 0 Å². The highest BCUT2D eigenvalue weighted by atomic mass is 32.2. The van der Waals surface area contributed by atoms with Crippen LogP contribution in [0.25, 0.3) is 11.2 Å². The van der Waals surface area contributed by atoms with Gasteiger partial charge in [0.15, 0.2) is 16.3 Å². The first kappa shape index (κ1) is 18.9. The highest BCUT2D eigenvalue weighted by molar-refractivity contribution is 7.99. The summed E-state index contributed by atoms with van der Waals surface area (Å²) >= 11 is 1.16. The van der Waals surface area contributed by atoms with Crippen LogP contribution >= 0.6 is 11.8 Å².